The molecule has 1 aromatic rings. The Morgan fingerprint density at radius 2 is 2.26 bits per heavy atom. The molecule has 3 heteroatoms. The maximum absolute atomic E-state index is 13.5. The quantitative estimate of drug-likeness (QED) is 0.794. The van der Waals surface area contributed by atoms with E-state index in [9.17, 15) is 4.39 Å². The lowest BCUT2D eigenvalue weighted by atomic mass is 9.78. The van der Waals surface area contributed by atoms with Gasteiger partial charge in [0.2, 0.25) is 0 Å². The Hall–Kier alpha value is -0.540. The number of thioether (sulfide) groups is 1. The first-order valence-electron chi connectivity index (χ1n) is 6.72. The second-order valence-corrected chi connectivity index (χ2v) is 6.99. The average molecular weight is 281 g/mol. The van der Waals surface area contributed by atoms with Crippen LogP contribution in [0, 0.1) is 5.82 Å². The van der Waals surface area contributed by atoms with Gasteiger partial charge in [0.15, 0.2) is 0 Å². The van der Waals surface area contributed by atoms with Crippen molar-refractivity contribution in [3.63, 3.8) is 0 Å². The summed E-state index contributed by atoms with van der Waals surface area (Å²) in [6.45, 7) is 3.52. The highest BCUT2D eigenvalue weighted by Crippen LogP contribution is 2.47. The molecule has 2 aliphatic rings. The molecule has 0 aliphatic carbocycles. The van der Waals surface area contributed by atoms with Gasteiger partial charge in [-0.2, -0.15) is 0 Å². The highest BCUT2D eigenvalue weighted by atomic mass is 32.2. The van der Waals surface area contributed by atoms with E-state index in [1.54, 1.807) is 12.1 Å². The first-order chi connectivity index (χ1) is 8.58. The number of halogens is 1. The average Bonchev–Trinajstić information content (AvgIpc) is 2.86. The van der Waals surface area contributed by atoms with E-state index < -0.39 is 0 Å². The topological polar surface area (TPSA) is 3.24 Å². The summed E-state index contributed by atoms with van der Waals surface area (Å²) in [7, 11) is 2.22. The highest BCUT2D eigenvalue weighted by Gasteiger charge is 2.39. The molecule has 0 bridgehead atoms. The Kier molecular flexibility index (Phi) is 4.26. The van der Waals surface area contributed by atoms with Crippen LogP contribution in [0.1, 0.15) is 39.2 Å². The van der Waals surface area contributed by atoms with Gasteiger partial charge in [-0.3, -0.25) is 0 Å². The zero-order valence-electron chi connectivity index (χ0n) is 11.1. The fraction of sp³-hybridized carbons (Fsp3) is 0.625. The minimum Gasteiger partial charge on any atom is -0.303 e. The van der Waals surface area contributed by atoms with Crippen LogP contribution in [0.2, 0.25) is 0 Å². The van der Waals surface area contributed by atoms with Crippen molar-refractivity contribution < 1.29 is 4.39 Å². The van der Waals surface area contributed by atoms with Gasteiger partial charge in [-0.05, 0) is 56.6 Å². The van der Waals surface area contributed by atoms with Crippen molar-refractivity contribution in [1.82, 2.24) is 4.90 Å². The normalized spacial score (nSPS) is 30.2. The van der Waals surface area contributed by atoms with E-state index >= 15 is 0 Å². The Labute approximate surface area is 120 Å². The molecule has 3 rings (SSSR count). The SMILES string of the molecule is C.CN1CCC[C@H]1CC1(C)CSc2ccc(F)cc21. The molecule has 0 N–H and O–H groups in total. The zero-order chi connectivity index (χ0) is 12.8. The van der Waals surface area contributed by atoms with Crippen LogP contribution in [0.3, 0.4) is 0 Å². The third-order valence-electron chi connectivity index (χ3n) is 4.50. The molecular weight excluding hydrogens is 257 g/mol. The third kappa shape index (κ3) is 2.68. The van der Waals surface area contributed by atoms with E-state index in [4.69, 9.17) is 0 Å². The number of fused-ring (bicyclic) bond motifs is 1. The maximum Gasteiger partial charge on any atom is 0.123 e. The molecule has 106 valence electrons. The van der Waals surface area contributed by atoms with Crippen molar-refractivity contribution in [2.45, 2.75) is 50.0 Å². The second kappa shape index (κ2) is 5.45. The smallest absolute Gasteiger partial charge is 0.123 e. The molecule has 1 fully saturated rings. The largest absolute Gasteiger partial charge is 0.303 e. The van der Waals surface area contributed by atoms with Crippen LogP contribution >= 0.6 is 11.8 Å². The lowest BCUT2D eigenvalue weighted by molar-refractivity contribution is 0.256. The van der Waals surface area contributed by atoms with Crippen molar-refractivity contribution in [3.8, 4) is 0 Å². The van der Waals surface area contributed by atoms with Crippen molar-refractivity contribution in [1.29, 1.82) is 0 Å². The van der Waals surface area contributed by atoms with Gasteiger partial charge in [-0.15, -0.1) is 11.8 Å². The van der Waals surface area contributed by atoms with Crippen molar-refractivity contribution >= 4 is 11.8 Å². The van der Waals surface area contributed by atoms with Gasteiger partial charge in [0.25, 0.3) is 0 Å². The lowest BCUT2D eigenvalue weighted by Gasteiger charge is -2.31. The summed E-state index contributed by atoms with van der Waals surface area (Å²) in [5.41, 5.74) is 1.37. The number of nitrogens with zero attached hydrogens (tertiary/aromatic N) is 1. The summed E-state index contributed by atoms with van der Waals surface area (Å²) in [4.78, 5) is 3.74. The second-order valence-electron chi connectivity index (χ2n) is 5.97. The molecule has 2 atom stereocenters. The van der Waals surface area contributed by atoms with Gasteiger partial charge in [-0.1, -0.05) is 14.4 Å². The fourth-order valence-corrected chi connectivity index (χ4v) is 4.71. The number of hydrogen-bond acceptors (Lipinski definition) is 2. The highest BCUT2D eigenvalue weighted by molar-refractivity contribution is 7.99. The first-order valence-corrected chi connectivity index (χ1v) is 7.70. The molecule has 2 aliphatic heterocycles. The first kappa shape index (κ1) is 14.9. The molecule has 19 heavy (non-hydrogen) atoms. The molecule has 0 radical (unpaired) electrons. The molecule has 0 aromatic heterocycles. The van der Waals surface area contributed by atoms with Gasteiger partial charge < -0.3 is 4.90 Å². The summed E-state index contributed by atoms with van der Waals surface area (Å²) in [6.07, 6.45) is 3.76. The van der Waals surface area contributed by atoms with Crippen LogP contribution in [0.5, 0.6) is 0 Å². The van der Waals surface area contributed by atoms with E-state index in [-0.39, 0.29) is 18.7 Å². The number of rotatable bonds is 2. The summed E-state index contributed by atoms with van der Waals surface area (Å²) in [6, 6.07) is 5.95. The van der Waals surface area contributed by atoms with Crippen LogP contribution in [0.15, 0.2) is 23.1 Å². The molecule has 0 spiro atoms. The Morgan fingerprint density at radius 3 is 2.95 bits per heavy atom. The van der Waals surface area contributed by atoms with Gasteiger partial charge in [-0.25, -0.2) is 4.39 Å². The van der Waals surface area contributed by atoms with Crippen LogP contribution in [-0.4, -0.2) is 30.3 Å². The maximum atomic E-state index is 13.5. The van der Waals surface area contributed by atoms with Gasteiger partial charge in [0, 0.05) is 22.1 Å². The predicted molar refractivity (Wildman–Crippen MR) is 81.5 cm³/mol. The van der Waals surface area contributed by atoms with Crippen LogP contribution in [-0.2, 0) is 5.41 Å². The molecular formula is C16H24FNS. The van der Waals surface area contributed by atoms with Gasteiger partial charge in [0.1, 0.15) is 5.82 Å². The predicted octanol–water partition coefficient (Wildman–Crippen LogP) is 4.31. The lowest BCUT2D eigenvalue weighted by Crippen LogP contribution is -2.34. The van der Waals surface area contributed by atoms with Gasteiger partial charge >= 0.3 is 0 Å². The molecule has 1 nitrogen and oxygen atoms in total. The van der Waals surface area contributed by atoms with Crippen LogP contribution in [0.25, 0.3) is 0 Å². The number of likely N-dealkylation sites (tertiary alicyclic amines) is 1. The molecule has 0 saturated carbocycles. The minimum atomic E-state index is -0.0951. The summed E-state index contributed by atoms with van der Waals surface area (Å²) in [5.74, 6) is 0.998. The zero-order valence-corrected chi connectivity index (χ0v) is 11.9. The van der Waals surface area contributed by atoms with Crippen molar-refractivity contribution in [3.05, 3.63) is 29.6 Å². The van der Waals surface area contributed by atoms with E-state index in [0.717, 1.165) is 12.2 Å². The number of hydrogen-bond donors (Lipinski definition) is 0. The summed E-state index contributed by atoms with van der Waals surface area (Å²) in [5, 5.41) is 0. The van der Waals surface area contributed by atoms with Crippen molar-refractivity contribution in [2.24, 2.45) is 0 Å². The van der Waals surface area contributed by atoms with Gasteiger partial charge in [0.05, 0.1) is 0 Å². The van der Waals surface area contributed by atoms with Crippen molar-refractivity contribution in [2.75, 3.05) is 19.3 Å². The molecule has 0 amide bonds. The Bertz CT molecular complexity index is 462. The van der Waals surface area contributed by atoms with E-state index in [1.807, 2.05) is 17.8 Å². The Balaban J connectivity index is 0.00000133. The standard InChI is InChI=1S/C15H20FNS.CH4/c1-15(9-12-4-3-7-17(12)2)10-18-14-6-5-11(16)8-13(14)15;/h5-6,8,12H,3-4,7,9-10H2,1-2H3;1H4/t12-,15?;/m0./s1. The molecule has 1 unspecified atom stereocenters. The monoisotopic (exact) mass is 281 g/mol. The Morgan fingerprint density at radius 1 is 1.47 bits per heavy atom. The van der Waals surface area contributed by atoms with Crippen LogP contribution in [0.4, 0.5) is 4.39 Å². The summed E-state index contributed by atoms with van der Waals surface area (Å²) >= 11 is 1.88. The molecule has 2 heterocycles. The van der Waals surface area contributed by atoms with E-state index in [0.29, 0.717) is 6.04 Å². The summed E-state index contributed by atoms with van der Waals surface area (Å²) < 4.78 is 13.5. The van der Waals surface area contributed by atoms with Crippen LogP contribution < -0.4 is 0 Å². The minimum absolute atomic E-state index is 0. The molecule has 1 aromatic carbocycles. The van der Waals surface area contributed by atoms with E-state index in [2.05, 4.69) is 18.9 Å². The third-order valence-corrected chi connectivity index (χ3v) is 5.94. The van der Waals surface area contributed by atoms with E-state index in [1.165, 1.54) is 29.8 Å². The fourth-order valence-electron chi connectivity index (χ4n) is 3.34. The number of benzene rings is 1. The molecule has 1 saturated heterocycles.